The minimum absolute atomic E-state index is 0.0822. The summed E-state index contributed by atoms with van der Waals surface area (Å²) in [4.78, 5) is 11.8. The molecule has 0 bridgehead atoms. The van der Waals surface area contributed by atoms with E-state index in [2.05, 4.69) is 29.4 Å². The Morgan fingerprint density at radius 1 is 1.38 bits per heavy atom. The minimum Gasteiger partial charge on any atom is -0.316 e. The quantitative estimate of drug-likeness (QED) is 0.812. The smallest absolute Gasteiger partial charge is 0.316 e. The highest BCUT2D eigenvalue weighted by Gasteiger charge is 2.31. The van der Waals surface area contributed by atoms with E-state index in [1.807, 2.05) is 7.05 Å². The molecule has 0 radical (unpaired) electrons. The molecular formula is C15H28N4OS. The van der Waals surface area contributed by atoms with Gasteiger partial charge in [0.1, 0.15) is 0 Å². The first-order valence-electron chi connectivity index (χ1n) is 8.18. The number of aromatic nitrogens is 3. The van der Waals surface area contributed by atoms with Crippen molar-refractivity contribution in [2.24, 2.45) is 5.92 Å². The van der Waals surface area contributed by atoms with E-state index in [1.54, 1.807) is 16.3 Å². The molecule has 120 valence electrons. The van der Waals surface area contributed by atoms with Crippen LogP contribution < -0.4 is 11.0 Å². The van der Waals surface area contributed by atoms with Gasteiger partial charge in [-0.15, -0.1) is 5.10 Å². The third-order valence-corrected chi connectivity index (χ3v) is 5.74. The molecule has 6 heteroatoms. The first kappa shape index (κ1) is 16.6. The molecule has 1 aliphatic rings. The highest BCUT2D eigenvalue weighted by molar-refractivity contribution is 7.99. The fraction of sp³-hybridized carbons (Fsp3) is 0.867. The van der Waals surface area contributed by atoms with Gasteiger partial charge in [0.25, 0.3) is 0 Å². The molecule has 0 aliphatic heterocycles. The van der Waals surface area contributed by atoms with Crippen LogP contribution in [0.5, 0.6) is 0 Å². The predicted molar refractivity (Wildman–Crippen MR) is 87.9 cm³/mol. The molecule has 0 saturated heterocycles. The summed E-state index contributed by atoms with van der Waals surface area (Å²) in [7, 11) is 2.04. The van der Waals surface area contributed by atoms with Gasteiger partial charge in [-0.3, -0.25) is 4.57 Å². The van der Waals surface area contributed by atoms with Crippen LogP contribution in [0.25, 0.3) is 0 Å². The monoisotopic (exact) mass is 312 g/mol. The molecule has 5 nitrogen and oxygen atoms in total. The SMILES string of the molecule is CCCC1CCC(NC)C(Sc2n[nH]c(=O)n2CCC)C1. The molecule has 0 amide bonds. The summed E-state index contributed by atoms with van der Waals surface area (Å²) in [6, 6.07) is 0.519. The number of hydrogen-bond donors (Lipinski definition) is 2. The van der Waals surface area contributed by atoms with Crippen molar-refractivity contribution in [2.45, 2.75) is 75.4 Å². The number of rotatable bonds is 7. The van der Waals surface area contributed by atoms with Crippen LogP contribution in [0.1, 0.15) is 52.4 Å². The zero-order chi connectivity index (χ0) is 15.2. The van der Waals surface area contributed by atoms with Gasteiger partial charge < -0.3 is 5.32 Å². The zero-order valence-electron chi connectivity index (χ0n) is 13.4. The fourth-order valence-electron chi connectivity index (χ4n) is 3.29. The number of nitrogens with one attached hydrogen (secondary N) is 2. The van der Waals surface area contributed by atoms with E-state index in [4.69, 9.17) is 0 Å². The third-order valence-electron chi connectivity index (χ3n) is 4.40. The Morgan fingerprint density at radius 2 is 2.19 bits per heavy atom. The van der Waals surface area contributed by atoms with Crippen molar-refractivity contribution in [3.8, 4) is 0 Å². The maximum absolute atomic E-state index is 11.8. The van der Waals surface area contributed by atoms with Crippen molar-refractivity contribution >= 4 is 11.8 Å². The number of hydrogen-bond acceptors (Lipinski definition) is 4. The highest BCUT2D eigenvalue weighted by atomic mass is 32.2. The molecular weight excluding hydrogens is 284 g/mol. The van der Waals surface area contributed by atoms with Gasteiger partial charge >= 0.3 is 5.69 Å². The molecule has 3 atom stereocenters. The first-order chi connectivity index (χ1) is 10.2. The zero-order valence-corrected chi connectivity index (χ0v) is 14.2. The van der Waals surface area contributed by atoms with E-state index < -0.39 is 0 Å². The van der Waals surface area contributed by atoms with Crippen molar-refractivity contribution in [1.29, 1.82) is 0 Å². The standard InChI is InChI=1S/C15H28N4OS/c1-4-6-11-7-8-12(16-3)13(10-11)21-15-18-17-14(20)19(15)9-5-2/h11-13,16H,4-10H2,1-3H3,(H,17,20). The molecule has 1 heterocycles. The van der Waals surface area contributed by atoms with Crippen LogP contribution in [0.3, 0.4) is 0 Å². The number of H-pyrrole nitrogens is 1. The molecule has 0 spiro atoms. The van der Waals surface area contributed by atoms with E-state index >= 15 is 0 Å². The molecule has 1 aromatic heterocycles. The lowest BCUT2D eigenvalue weighted by atomic mass is 9.83. The molecule has 2 N–H and O–H groups in total. The second-order valence-corrected chi connectivity index (χ2v) is 7.19. The van der Waals surface area contributed by atoms with Crippen LogP contribution in [0.2, 0.25) is 0 Å². The van der Waals surface area contributed by atoms with Gasteiger partial charge in [-0.2, -0.15) is 0 Å². The average Bonchev–Trinajstić information content (AvgIpc) is 2.81. The summed E-state index contributed by atoms with van der Waals surface area (Å²) < 4.78 is 1.78. The molecule has 3 unspecified atom stereocenters. The van der Waals surface area contributed by atoms with Crippen molar-refractivity contribution in [3.05, 3.63) is 10.5 Å². The van der Waals surface area contributed by atoms with Crippen molar-refractivity contribution in [1.82, 2.24) is 20.1 Å². The van der Waals surface area contributed by atoms with Crippen LogP contribution >= 0.6 is 11.8 Å². The summed E-state index contributed by atoms with van der Waals surface area (Å²) >= 11 is 1.77. The second kappa shape index (κ2) is 8.03. The fourth-order valence-corrected chi connectivity index (χ4v) is 4.77. The maximum atomic E-state index is 11.8. The Labute approximate surface area is 131 Å². The van der Waals surface area contributed by atoms with Gasteiger partial charge in [-0.1, -0.05) is 38.5 Å². The lowest BCUT2D eigenvalue weighted by Gasteiger charge is -2.35. The van der Waals surface area contributed by atoms with E-state index in [0.717, 1.165) is 24.0 Å². The topological polar surface area (TPSA) is 62.7 Å². The minimum atomic E-state index is -0.0822. The lowest BCUT2D eigenvalue weighted by molar-refractivity contribution is 0.295. The average molecular weight is 312 g/mol. The van der Waals surface area contributed by atoms with Gasteiger partial charge in [0.15, 0.2) is 5.16 Å². The van der Waals surface area contributed by atoms with E-state index in [-0.39, 0.29) is 5.69 Å². The van der Waals surface area contributed by atoms with Crippen molar-refractivity contribution < 1.29 is 0 Å². The lowest BCUT2D eigenvalue weighted by Crippen LogP contribution is -2.41. The highest BCUT2D eigenvalue weighted by Crippen LogP contribution is 2.37. The summed E-state index contributed by atoms with van der Waals surface area (Å²) in [6.07, 6.45) is 7.29. The number of thioether (sulfide) groups is 1. The first-order valence-corrected chi connectivity index (χ1v) is 9.06. The normalized spacial score (nSPS) is 26.1. The second-order valence-electron chi connectivity index (χ2n) is 5.98. The van der Waals surface area contributed by atoms with Gasteiger partial charge in [-0.25, -0.2) is 9.89 Å². The molecule has 1 aliphatic carbocycles. The van der Waals surface area contributed by atoms with E-state index in [0.29, 0.717) is 11.3 Å². The largest absolute Gasteiger partial charge is 0.343 e. The van der Waals surface area contributed by atoms with Gasteiger partial charge in [0.2, 0.25) is 0 Å². The molecule has 1 fully saturated rings. The maximum Gasteiger partial charge on any atom is 0.343 e. The Bertz CT molecular complexity index is 484. The molecule has 1 aromatic rings. The Morgan fingerprint density at radius 3 is 2.86 bits per heavy atom. The summed E-state index contributed by atoms with van der Waals surface area (Å²) in [5, 5.41) is 11.6. The Balaban J connectivity index is 2.09. The predicted octanol–water partition coefficient (Wildman–Crippen LogP) is 2.63. The van der Waals surface area contributed by atoms with Crippen molar-refractivity contribution in [2.75, 3.05) is 7.05 Å². The third kappa shape index (κ3) is 4.13. The van der Waals surface area contributed by atoms with Gasteiger partial charge in [0, 0.05) is 17.8 Å². The van der Waals surface area contributed by atoms with Crippen LogP contribution in [0.4, 0.5) is 0 Å². The summed E-state index contributed by atoms with van der Waals surface area (Å²) in [6.45, 7) is 5.09. The Hall–Kier alpha value is -0.750. The number of aromatic amines is 1. The summed E-state index contributed by atoms with van der Waals surface area (Å²) in [5.41, 5.74) is -0.0822. The molecule has 2 rings (SSSR count). The molecule has 1 saturated carbocycles. The van der Waals surface area contributed by atoms with Crippen LogP contribution in [0.15, 0.2) is 9.95 Å². The molecule has 21 heavy (non-hydrogen) atoms. The van der Waals surface area contributed by atoms with Crippen LogP contribution in [-0.4, -0.2) is 33.1 Å². The van der Waals surface area contributed by atoms with Crippen molar-refractivity contribution in [3.63, 3.8) is 0 Å². The van der Waals surface area contributed by atoms with Crippen LogP contribution in [0, 0.1) is 5.92 Å². The van der Waals surface area contributed by atoms with E-state index in [9.17, 15) is 4.79 Å². The van der Waals surface area contributed by atoms with E-state index in [1.165, 1.54) is 32.1 Å². The number of nitrogens with zero attached hydrogens (tertiary/aromatic N) is 2. The summed E-state index contributed by atoms with van der Waals surface area (Å²) in [5.74, 6) is 0.822. The Kier molecular flexibility index (Phi) is 6.36. The van der Waals surface area contributed by atoms with Gasteiger partial charge in [-0.05, 0) is 38.6 Å². The van der Waals surface area contributed by atoms with Gasteiger partial charge in [0.05, 0.1) is 0 Å². The van der Waals surface area contributed by atoms with Crippen LogP contribution in [-0.2, 0) is 6.54 Å². The molecule has 0 aromatic carbocycles.